The lowest BCUT2D eigenvalue weighted by atomic mass is 9.76. The van der Waals surface area contributed by atoms with Crippen molar-refractivity contribution in [1.82, 2.24) is 20.1 Å². The number of anilines is 1. The van der Waals surface area contributed by atoms with Gasteiger partial charge in [-0.3, -0.25) is 9.59 Å². The average molecular weight is 440 g/mol. The molecule has 0 unspecified atom stereocenters. The zero-order valence-electron chi connectivity index (χ0n) is 17.1. The molecule has 8 nitrogen and oxygen atoms in total. The van der Waals surface area contributed by atoms with Gasteiger partial charge in [0.15, 0.2) is 0 Å². The molecule has 1 aromatic carbocycles. The Morgan fingerprint density at radius 1 is 1.23 bits per heavy atom. The number of aromatic nitrogens is 3. The zero-order valence-corrected chi connectivity index (χ0v) is 17.9. The lowest BCUT2D eigenvalue weighted by molar-refractivity contribution is -0.122. The Morgan fingerprint density at radius 3 is 2.71 bits per heavy atom. The SMILES string of the molecule is O=C(c1ccc[nH]1)N1C[C@@H]2CN(c3nncs3)C[C@]2(CCc2ccccc2)C1.O=CO. The number of nitrogens with one attached hydrogen (secondary N) is 1. The molecule has 162 valence electrons. The number of nitrogens with zero attached hydrogens (tertiary/aromatic N) is 4. The quantitative estimate of drug-likeness (QED) is 0.593. The van der Waals surface area contributed by atoms with Gasteiger partial charge in [0.25, 0.3) is 12.4 Å². The highest BCUT2D eigenvalue weighted by Gasteiger charge is 2.53. The van der Waals surface area contributed by atoms with Crippen molar-refractivity contribution in [2.75, 3.05) is 31.1 Å². The van der Waals surface area contributed by atoms with Crippen molar-refractivity contribution in [3.05, 3.63) is 65.4 Å². The Hall–Kier alpha value is -3.20. The fourth-order valence-corrected chi connectivity index (χ4v) is 5.38. The summed E-state index contributed by atoms with van der Waals surface area (Å²) in [7, 11) is 0. The number of fused-ring (bicyclic) bond motifs is 1. The number of hydrogen-bond donors (Lipinski definition) is 2. The molecule has 2 aliphatic heterocycles. The highest BCUT2D eigenvalue weighted by molar-refractivity contribution is 7.13. The fourth-order valence-electron chi connectivity index (χ4n) is 4.81. The van der Waals surface area contributed by atoms with Crippen molar-refractivity contribution < 1.29 is 14.7 Å². The standard InChI is InChI=1S/C21H23N5OS.CH2O2/c27-19(18-7-4-10-22-18)25-11-17-12-26(20-24-23-15-28-20)14-21(17,13-25)9-8-16-5-2-1-3-6-16;2-1-3/h1-7,10,15,17,22H,8-9,11-14H2;1H,(H,2,3)/t17-,21+;/m1./s1. The molecule has 2 aliphatic rings. The van der Waals surface area contributed by atoms with E-state index in [0.29, 0.717) is 11.6 Å². The van der Waals surface area contributed by atoms with E-state index in [9.17, 15) is 4.79 Å². The summed E-state index contributed by atoms with van der Waals surface area (Å²) >= 11 is 1.60. The second-order valence-corrected chi connectivity index (χ2v) is 8.83. The first-order valence-electron chi connectivity index (χ1n) is 10.2. The highest BCUT2D eigenvalue weighted by atomic mass is 32.1. The van der Waals surface area contributed by atoms with Gasteiger partial charge in [0.05, 0.1) is 0 Å². The van der Waals surface area contributed by atoms with Crippen LogP contribution in [0.25, 0.3) is 0 Å². The van der Waals surface area contributed by atoms with Gasteiger partial charge in [0.1, 0.15) is 11.2 Å². The van der Waals surface area contributed by atoms with E-state index in [1.54, 1.807) is 16.8 Å². The van der Waals surface area contributed by atoms with Crippen molar-refractivity contribution in [1.29, 1.82) is 0 Å². The van der Waals surface area contributed by atoms with E-state index in [1.165, 1.54) is 5.56 Å². The van der Waals surface area contributed by atoms with E-state index in [-0.39, 0.29) is 17.8 Å². The van der Waals surface area contributed by atoms with Gasteiger partial charge in [0.2, 0.25) is 5.13 Å². The molecule has 2 fully saturated rings. The topological polar surface area (TPSA) is 102 Å². The van der Waals surface area contributed by atoms with Crippen LogP contribution in [0.4, 0.5) is 5.13 Å². The van der Waals surface area contributed by atoms with Crippen LogP contribution >= 0.6 is 11.3 Å². The number of aryl methyl sites for hydroxylation is 1. The lowest BCUT2D eigenvalue weighted by Gasteiger charge is -2.29. The first kappa shape index (κ1) is 21.0. The molecule has 2 aromatic heterocycles. The van der Waals surface area contributed by atoms with Gasteiger partial charge in [-0.1, -0.05) is 41.7 Å². The Balaban J connectivity index is 0.000000730. The molecule has 9 heteroatoms. The van der Waals surface area contributed by atoms with Crippen LogP contribution in [-0.2, 0) is 11.2 Å². The zero-order chi connectivity index (χ0) is 21.7. The molecule has 2 atom stereocenters. The average Bonchev–Trinajstić information content (AvgIpc) is 3.57. The summed E-state index contributed by atoms with van der Waals surface area (Å²) in [5.74, 6) is 0.569. The van der Waals surface area contributed by atoms with E-state index in [2.05, 4.69) is 50.4 Å². The summed E-state index contributed by atoms with van der Waals surface area (Å²) in [6.07, 6.45) is 3.92. The molecular weight excluding hydrogens is 414 g/mol. The van der Waals surface area contributed by atoms with Crippen LogP contribution in [0.1, 0.15) is 22.5 Å². The van der Waals surface area contributed by atoms with Crippen LogP contribution in [0.5, 0.6) is 0 Å². The van der Waals surface area contributed by atoms with Crippen LogP contribution in [0, 0.1) is 11.3 Å². The predicted molar refractivity (Wildman–Crippen MR) is 118 cm³/mol. The molecule has 4 heterocycles. The van der Waals surface area contributed by atoms with Crippen LogP contribution in [0.3, 0.4) is 0 Å². The minimum Gasteiger partial charge on any atom is -0.483 e. The van der Waals surface area contributed by atoms with E-state index in [4.69, 9.17) is 9.90 Å². The monoisotopic (exact) mass is 439 g/mol. The maximum absolute atomic E-state index is 12.9. The third-order valence-electron chi connectivity index (χ3n) is 6.25. The number of carbonyl (C=O) groups excluding carboxylic acids is 1. The molecule has 5 rings (SSSR count). The van der Waals surface area contributed by atoms with Gasteiger partial charge in [-0.25, -0.2) is 0 Å². The Kier molecular flexibility index (Phi) is 6.31. The summed E-state index contributed by atoms with van der Waals surface area (Å²) in [6.45, 7) is 3.24. The van der Waals surface area contributed by atoms with Gasteiger partial charge < -0.3 is 19.9 Å². The molecule has 0 spiro atoms. The van der Waals surface area contributed by atoms with Crippen LogP contribution in [0.15, 0.2) is 54.2 Å². The summed E-state index contributed by atoms with van der Waals surface area (Å²) in [6, 6.07) is 14.4. The molecule has 2 saturated heterocycles. The molecular formula is C22H25N5O3S. The van der Waals surface area contributed by atoms with Gasteiger partial charge >= 0.3 is 0 Å². The number of aromatic amines is 1. The first-order valence-corrected chi connectivity index (χ1v) is 11.1. The summed E-state index contributed by atoms with van der Waals surface area (Å²) in [4.78, 5) is 28.8. The largest absolute Gasteiger partial charge is 0.483 e. The lowest BCUT2D eigenvalue weighted by Crippen LogP contribution is -2.37. The maximum Gasteiger partial charge on any atom is 0.290 e. The summed E-state index contributed by atoms with van der Waals surface area (Å²) in [5.41, 5.74) is 3.93. The number of rotatable bonds is 5. The predicted octanol–water partition coefficient (Wildman–Crippen LogP) is 2.78. The number of H-pyrrole nitrogens is 1. The van der Waals surface area contributed by atoms with Crippen molar-refractivity contribution >= 4 is 28.8 Å². The molecule has 0 bridgehead atoms. The third-order valence-corrected chi connectivity index (χ3v) is 7.00. The highest BCUT2D eigenvalue weighted by Crippen LogP contribution is 2.47. The number of carboxylic acid groups (broad SMARTS) is 1. The smallest absolute Gasteiger partial charge is 0.290 e. The van der Waals surface area contributed by atoms with E-state index in [1.807, 2.05) is 23.2 Å². The second kappa shape index (κ2) is 9.30. The second-order valence-electron chi connectivity index (χ2n) is 8.02. The summed E-state index contributed by atoms with van der Waals surface area (Å²) in [5, 5.41) is 16.2. The van der Waals surface area contributed by atoms with Gasteiger partial charge in [-0.2, -0.15) is 0 Å². The van der Waals surface area contributed by atoms with E-state index < -0.39 is 0 Å². The van der Waals surface area contributed by atoms with Gasteiger partial charge in [0, 0.05) is 43.7 Å². The Labute approximate surface area is 184 Å². The van der Waals surface area contributed by atoms with Gasteiger partial charge in [-0.15, -0.1) is 10.2 Å². The molecule has 0 saturated carbocycles. The minimum absolute atomic E-state index is 0.101. The van der Waals surface area contributed by atoms with E-state index >= 15 is 0 Å². The van der Waals surface area contributed by atoms with Crippen LogP contribution < -0.4 is 4.90 Å². The van der Waals surface area contributed by atoms with Crippen molar-refractivity contribution in [2.45, 2.75) is 12.8 Å². The van der Waals surface area contributed by atoms with E-state index in [0.717, 1.165) is 44.2 Å². The minimum atomic E-state index is -0.250. The number of carbonyl (C=O) groups is 2. The molecule has 3 aromatic rings. The first-order chi connectivity index (χ1) is 15.1. The molecule has 0 aliphatic carbocycles. The molecule has 31 heavy (non-hydrogen) atoms. The number of hydrogen-bond acceptors (Lipinski definition) is 6. The number of amides is 1. The molecule has 0 radical (unpaired) electrons. The fraction of sp³-hybridized carbons (Fsp3) is 0.364. The third kappa shape index (κ3) is 4.46. The van der Waals surface area contributed by atoms with Crippen LogP contribution in [0.2, 0.25) is 0 Å². The maximum atomic E-state index is 12.9. The van der Waals surface area contributed by atoms with Crippen LogP contribution in [-0.4, -0.2) is 63.7 Å². The van der Waals surface area contributed by atoms with Crippen molar-refractivity contribution in [3.63, 3.8) is 0 Å². The summed E-state index contributed by atoms with van der Waals surface area (Å²) < 4.78 is 0. The van der Waals surface area contributed by atoms with Crippen molar-refractivity contribution in [2.24, 2.45) is 11.3 Å². The number of likely N-dealkylation sites (tertiary alicyclic amines) is 1. The Bertz CT molecular complexity index is 980. The van der Waals surface area contributed by atoms with Crippen molar-refractivity contribution in [3.8, 4) is 0 Å². The molecule has 2 N–H and O–H groups in total. The van der Waals surface area contributed by atoms with Gasteiger partial charge in [-0.05, 0) is 30.5 Å². The normalized spacial score (nSPS) is 22.0. The number of benzene rings is 1. The molecule has 1 amide bonds. The Morgan fingerprint density at radius 2 is 2.03 bits per heavy atom.